The summed E-state index contributed by atoms with van der Waals surface area (Å²) in [5, 5.41) is 8.81. The van der Waals surface area contributed by atoms with E-state index in [0.29, 0.717) is 5.57 Å². The number of ketones is 1. The number of rotatable bonds is 0. The first-order valence-electron chi connectivity index (χ1n) is 2.54. The normalized spacial score (nSPS) is 18.0. The highest BCUT2D eigenvalue weighted by molar-refractivity contribution is 6.04. The Morgan fingerprint density at radius 1 is 1.44 bits per heavy atom. The Bertz CT molecular complexity index is 221. The fourth-order valence-corrected chi connectivity index (χ4v) is 0.569. The molecule has 0 aliphatic heterocycles. The Morgan fingerprint density at radius 2 is 2.11 bits per heavy atom. The number of carbonyl (C=O) groups excluding carboxylic acids is 1. The van der Waals surface area contributed by atoms with Crippen molar-refractivity contribution in [3.63, 3.8) is 0 Å². The summed E-state index contributed by atoms with van der Waals surface area (Å²) in [5.74, 6) is -0.232. The van der Waals surface area contributed by atoms with Gasteiger partial charge in [0.1, 0.15) is 0 Å². The molecule has 2 N–H and O–H groups in total. The zero-order valence-corrected chi connectivity index (χ0v) is 4.83. The average Bonchev–Trinajstić information content (AvgIpc) is 1.80. The molecular weight excluding hydrogens is 116 g/mol. The van der Waals surface area contributed by atoms with E-state index in [1.807, 2.05) is 0 Å². The lowest BCUT2D eigenvalue weighted by molar-refractivity contribution is 0.432. The van der Waals surface area contributed by atoms with E-state index in [2.05, 4.69) is 6.58 Å². The second kappa shape index (κ2) is 1.90. The van der Waals surface area contributed by atoms with Crippen molar-refractivity contribution in [1.29, 1.82) is 0 Å². The highest BCUT2D eigenvalue weighted by Gasteiger charge is 2.13. The van der Waals surface area contributed by atoms with Crippen molar-refractivity contribution in [1.82, 2.24) is 0 Å². The minimum absolute atomic E-state index is 0.109. The fraction of sp³-hybridized carbons (Fsp3) is 0. The van der Waals surface area contributed by atoms with Gasteiger partial charge in [-0.3, -0.25) is 4.79 Å². The van der Waals surface area contributed by atoms with Gasteiger partial charge in [-0.25, -0.2) is 0 Å². The number of hydrogen-bond donors (Lipinski definition) is 1. The Hall–Kier alpha value is -1.31. The zero-order valence-electron chi connectivity index (χ0n) is 4.83. The molecule has 0 spiro atoms. The topological polar surface area (TPSA) is 41.6 Å². The van der Waals surface area contributed by atoms with Crippen molar-refractivity contribution in [3.05, 3.63) is 36.1 Å². The molecule has 0 heterocycles. The molecule has 0 atom stereocenters. The minimum Gasteiger partial charge on any atom is -0.500 e. The quantitative estimate of drug-likeness (QED) is 0.481. The lowest BCUT2D eigenvalue weighted by Gasteiger charge is -1.95. The molecule has 0 radical (unpaired) electrons. The third kappa shape index (κ3) is 1.08. The molecule has 1 rings (SSSR count). The van der Waals surface area contributed by atoms with Crippen LogP contribution in [-0.4, -0.2) is 15.7 Å². The van der Waals surface area contributed by atoms with Gasteiger partial charge in [-0.15, -0.1) is 0 Å². The SMILES string of the molecule is C=C1C=CC(=[OH+])C(O)=C1. The molecule has 0 amide bonds. The number of allylic oxidation sites excluding steroid dienone is 4. The van der Waals surface area contributed by atoms with Gasteiger partial charge in [0, 0.05) is 6.08 Å². The maximum absolute atomic E-state index is 8.81. The summed E-state index contributed by atoms with van der Waals surface area (Å²) in [6.45, 7) is 3.55. The summed E-state index contributed by atoms with van der Waals surface area (Å²) < 4.78 is 0. The first kappa shape index (κ1) is 5.82. The van der Waals surface area contributed by atoms with Gasteiger partial charge in [-0.2, -0.15) is 0 Å². The number of aliphatic hydroxyl groups excluding tert-OH is 1. The van der Waals surface area contributed by atoms with Crippen LogP contribution in [0.3, 0.4) is 0 Å². The van der Waals surface area contributed by atoms with Crippen LogP contribution in [0.15, 0.2) is 36.1 Å². The lowest BCUT2D eigenvalue weighted by Crippen LogP contribution is -2.01. The molecule has 2 heteroatoms. The van der Waals surface area contributed by atoms with E-state index in [1.54, 1.807) is 6.08 Å². The molecule has 0 unspecified atom stereocenters. The maximum Gasteiger partial charge on any atom is 0.381 e. The highest BCUT2D eigenvalue weighted by atomic mass is 16.3. The van der Waals surface area contributed by atoms with Gasteiger partial charge in [0.25, 0.3) is 0 Å². The summed E-state index contributed by atoms with van der Waals surface area (Å²) in [6.07, 6.45) is 4.42. The van der Waals surface area contributed by atoms with Crippen LogP contribution >= 0.6 is 0 Å². The van der Waals surface area contributed by atoms with E-state index >= 15 is 0 Å². The molecule has 0 aromatic rings. The summed E-state index contributed by atoms with van der Waals surface area (Å²) >= 11 is 0. The standard InChI is InChI=1S/C7H6O2/c1-5-2-3-6(8)7(9)4-5/h2-4,9H,1H2/p+1. The predicted octanol–water partition coefficient (Wildman–Crippen LogP) is 1.10. The third-order valence-corrected chi connectivity index (χ3v) is 1.04. The molecule has 1 aliphatic carbocycles. The molecule has 9 heavy (non-hydrogen) atoms. The average molecular weight is 123 g/mol. The summed E-state index contributed by atoms with van der Waals surface area (Å²) in [4.78, 5) is 8.77. The Morgan fingerprint density at radius 3 is 2.56 bits per heavy atom. The van der Waals surface area contributed by atoms with E-state index in [1.165, 1.54) is 12.2 Å². The van der Waals surface area contributed by atoms with E-state index < -0.39 is 0 Å². The monoisotopic (exact) mass is 123 g/mol. The van der Waals surface area contributed by atoms with Crippen molar-refractivity contribution in [2.24, 2.45) is 0 Å². The summed E-state index contributed by atoms with van der Waals surface area (Å²) in [6, 6.07) is 0. The van der Waals surface area contributed by atoms with Gasteiger partial charge in [0.15, 0.2) is 0 Å². The Kier molecular flexibility index (Phi) is 1.23. The molecule has 0 saturated carbocycles. The van der Waals surface area contributed by atoms with Gasteiger partial charge in [0.2, 0.25) is 5.76 Å². The smallest absolute Gasteiger partial charge is 0.381 e. The van der Waals surface area contributed by atoms with Crippen LogP contribution in [0.5, 0.6) is 0 Å². The lowest BCUT2D eigenvalue weighted by atomic mass is 10.1. The van der Waals surface area contributed by atoms with Crippen LogP contribution in [0.2, 0.25) is 0 Å². The van der Waals surface area contributed by atoms with Crippen LogP contribution in [0.1, 0.15) is 0 Å². The third-order valence-electron chi connectivity index (χ3n) is 1.04. The number of aliphatic hydroxyl groups is 1. The summed E-state index contributed by atoms with van der Waals surface area (Å²) in [7, 11) is 0. The van der Waals surface area contributed by atoms with E-state index in [4.69, 9.17) is 9.90 Å². The Labute approximate surface area is 52.8 Å². The van der Waals surface area contributed by atoms with Crippen molar-refractivity contribution in [2.75, 3.05) is 0 Å². The second-order valence-electron chi connectivity index (χ2n) is 1.82. The second-order valence-corrected chi connectivity index (χ2v) is 1.82. The predicted molar refractivity (Wildman–Crippen MR) is 35.9 cm³/mol. The molecule has 2 nitrogen and oxygen atoms in total. The van der Waals surface area contributed by atoms with Crippen molar-refractivity contribution >= 4 is 5.78 Å². The van der Waals surface area contributed by atoms with E-state index in [0.717, 1.165) is 0 Å². The van der Waals surface area contributed by atoms with Crippen LogP contribution in [-0.2, 0) is 0 Å². The zero-order chi connectivity index (χ0) is 6.85. The van der Waals surface area contributed by atoms with E-state index in [9.17, 15) is 0 Å². The van der Waals surface area contributed by atoms with Gasteiger partial charge in [-0.1, -0.05) is 6.58 Å². The molecule has 46 valence electrons. The Balaban J connectivity index is 2.95. The van der Waals surface area contributed by atoms with Gasteiger partial charge in [0.05, 0.1) is 0 Å². The largest absolute Gasteiger partial charge is 0.500 e. The van der Waals surface area contributed by atoms with E-state index in [-0.39, 0.29) is 11.5 Å². The van der Waals surface area contributed by atoms with Crippen molar-refractivity contribution in [3.8, 4) is 0 Å². The van der Waals surface area contributed by atoms with Crippen LogP contribution in [0.25, 0.3) is 0 Å². The molecule has 1 aliphatic rings. The van der Waals surface area contributed by atoms with Crippen molar-refractivity contribution < 1.29 is 9.90 Å². The number of hydrogen-bond acceptors (Lipinski definition) is 1. The summed E-state index contributed by atoms with van der Waals surface area (Å²) in [5.41, 5.74) is 0.685. The maximum atomic E-state index is 8.81. The highest BCUT2D eigenvalue weighted by Crippen LogP contribution is 2.07. The first-order valence-corrected chi connectivity index (χ1v) is 2.54. The van der Waals surface area contributed by atoms with Crippen LogP contribution in [0, 0.1) is 0 Å². The van der Waals surface area contributed by atoms with Crippen LogP contribution in [0.4, 0.5) is 0 Å². The first-order chi connectivity index (χ1) is 4.20. The van der Waals surface area contributed by atoms with Gasteiger partial charge in [-0.05, 0) is 17.7 Å². The van der Waals surface area contributed by atoms with Gasteiger partial charge >= 0.3 is 5.78 Å². The molecule has 0 aromatic carbocycles. The molecule has 0 aromatic heterocycles. The minimum atomic E-state index is -0.123. The molecule has 0 bridgehead atoms. The molecule has 0 saturated heterocycles. The fourth-order valence-electron chi connectivity index (χ4n) is 0.569. The molecule has 0 fully saturated rings. The van der Waals surface area contributed by atoms with Crippen molar-refractivity contribution in [2.45, 2.75) is 0 Å². The van der Waals surface area contributed by atoms with Gasteiger partial charge < -0.3 is 5.11 Å². The molecular formula is C7H7O2+. The van der Waals surface area contributed by atoms with Crippen LogP contribution < -0.4 is 0 Å².